The number of nitrogens with zero attached hydrogens (tertiary/aromatic N) is 1. The molecule has 6 nitrogen and oxygen atoms in total. The fourth-order valence-electron chi connectivity index (χ4n) is 1.19. The number of carbonyl (C=O) groups excluding carboxylic acids is 2. The van der Waals surface area contributed by atoms with E-state index in [1.54, 1.807) is 7.05 Å². The number of pyridine rings is 1. The monoisotopic (exact) mass is 272 g/mol. The Kier molecular flexibility index (Phi) is 4.91. The summed E-state index contributed by atoms with van der Waals surface area (Å²) in [6.07, 6.45) is 1.48. The molecule has 0 aliphatic rings. The molecule has 1 atom stereocenters. The quantitative estimate of drug-likeness (QED) is 0.613. The predicted octanol–water partition coefficient (Wildman–Crippen LogP) is -0.105. The molecule has 0 aliphatic heterocycles. The lowest BCUT2D eigenvalue weighted by Gasteiger charge is -2.09. The van der Waals surface area contributed by atoms with Crippen molar-refractivity contribution in [1.82, 2.24) is 9.88 Å². The highest BCUT2D eigenvalue weighted by Crippen LogP contribution is 1.99. The minimum Gasteiger partial charge on any atom is -0.468 e. The average molecular weight is 273 g/mol. The number of nitrogens with one attached hydrogen (secondary N) is 1. The molecule has 0 saturated carbocycles. The summed E-state index contributed by atoms with van der Waals surface area (Å²) >= 11 is 5.66. The number of hydrogen-bond donors (Lipinski definition) is 1. The molecule has 1 aromatic heterocycles. The molecule has 0 aromatic carbocycles. The zero-order chi connectivity index (χ0) is 13.7. The second-order valence-electron chi connectivity index (χ2n) is 3.57. The van der Waals surface area contributed by atoms with E-state index in [2.05, 4.69) is 10.1 Å². The molecular weight excluding hydrogens is 260 g/mol. The van der Waals surface area contributed by atoms with Crippen LogP contribution in [0.3, 0.4) is 0 Å². The van der Waals surface area contributed by atoms with E-state index < -0.39 is 17.3 Å². The molecule has 0 radical (unpaired) electrons. The largest absolute Gasteiger partial charge is 0.468 e. The van der Waals surface area contributed by atoms with Crippen molar-refractivity contribution in [2.24, 2.45) is 7.05 Å². The SMILES string of the molecule is COC(=O)C(Cl)CNC(=O)c1ccn(C)c(=O)c1. The molecule has 0 bridgehead atoms. The lowest BCUT2D eigenvalue weighted by atomic mass is 10.2. The van der Waals surface area contributed by atoms with E-state index in [9.17, 15) is 14.4 Å². The number of amides is 1. The molecule has 1 unspecified atom stereocenters. The number of methoxy groups -OCH3 is 1. The average Bonchev–Trinajstić information content (AvgIpc) is 2.37. The number of alkyl halides is 1. The van der Waals surface area contributed by atoms with E-state index in [4.69, 9.17) is 11.6 Å². The van der Waals surface area contributed by atoms with Gasteiger partial charge in [0.15, 0.2) is 0 Å². The smallest absolute Gasteiger partial charge is 0.325 e. The van der Waals surface area contributed by atoms with Gasteiger partial charge in [-0.25, -0.2) is 0 Å². The van der Waals surface area contributed by atoms with Crippen LogP contribution in [-0.4, -0.2) is 35.5 Å². The molecule has 1 aromatic rings. The number of aromatic nitrogens is 1. The molecule has 1 rings (SSSR count). The molecule has 0 saturated heterocycles. The van der Waals surface area contributed by atoms with Gasteiger partial charge in [0.05, 0.1) is 7.11 Å². The van der Waals surface area contributed by atoms with Crippen LogP contribution >= 0.6 is 11.6 Å². The summed E-state index contributed by atoms with van der Waals surface area (Å²) < 4.78 is 5.75. The zero-order valence-electron chi connectivity index (χ0n) is 9.97. The first-order chi connectivity index (χ1) is 8.45. The summed E-state index contributed by atoms with van der Waals surface area (Å²) in [5, 5.41) is 1.49. The van der Waals surface area contributed by atoms with Gasteiger partial charge in [-0.2, -0.15) is 0 Å². The van der Waals surface area contributed by atoms with Gasteiger partial charge in [-0.15, -0.1) is 11.6 Å². The van der Waals surface area contributed by atoms with Crippen LogP contribution in [0.5, 0.6) is 0 Å². The van der Waals surface area contributed by atoms with Crippen molar-refractivity contribution in [2.75, 3.05) is 13.7 Å². The van der Waals surface area contributed by atoms with Crippen LogP contribution in [0.2, 0.25) is 0 Å². The van der Waals surface area contributed by atoms with Crippen molar-refractivity contribution >= 4 is 23.5 Å². The standard InChI is InChI=1S/C11H13ClN2O4/c1-14-4-3-7(5-9(14)15)10(16)13-6-8(12)11(17)18-2/h3-5,8H,6H2,1-2H3,(H,13,16). The minimum atomic E-state index is -0.953. The van der Waals surface area contributed by atoms with E-state index in [-0.39, 0.29) is 17.7 Å². The number of hydrogen-bond acceptors (Lipinski definition) is 4. The van der Waals surface area contributed by atoms with E-state index in [1.807, 2.05) is 0 Å². The summed E-state index contributed by atoms with van der Waals surface area (Å²) in [5.41, 5.74) is -0.0788. The van der Waals surface area contributed by atoms with Gasteiger partial charge < -0.3 is 14.6 Å². The van der Waals surface area contributed by atoms with Crippen LogP contribution in [0.15, 0.2) is 23.1 Å². The second kappa shape index (κ2) is 6.20. The van der Waals surface area contributed by atoms with Crippen LogP contribution in [0.1, 0.15) is 10.4 Å². The third-order valence-electron chi connectivity index (χ3n) is 2.27. The predicted molar refractivity (Wildman–Crippen MR) is 65.7 cm³/mol. The van der Waals surface area contributed by atoms with Gasteiger partial charge in [-0.05, 0) is 6.07 Å². The molecule has 98 valence electrons. The van der Waals surface area contributed by atoms with E-state index in [0.29, 0.717) is 0 Å². The van der Waals surface area contributed by atoms with Crippen LogP contribution in [-0.2, 0) is 16.6 Å². The third-order valence-corrected chi connectivity index (χ3v) is 2.60. The minimum absolute atomic E-state index is 0.0672. The van der Waals surface area contributed by atoms with Crippen LogP contribution < -0.4 is 10.9 Å². The third kappa shape index (κ3) is 3.59. The number of carbonyl (C=O) groups is 2. The molecule has 1 N–H and O–H groups in total. The molecule has 7 heteroatoms. The Morgan fingerprint density at radius 3 is 2.78 bits per heavy atom. The van der Waals surface area contributed by atoms with E-state index in [1.165, 1.54) is 30.0 Å². The van der Waals surface area contributed by atoms with Crippen molar-refractivity contribution in [3.8, 4) is 0 Å². The normalized spacial score (nSPS) is 11.7. The van der Waals surface area contributed by atoms with Gasteiger partial charge in [0, 0.05) is 31.4 Å². The van der Waals surface area contributed by atoms with Gasteiger partial charge in [-0.3, -0.25) is 14.4 Å². The summed E-state index contributed by atoms with van der Waals surface area (Å²) in [5.74, 6) is -1.09. The van der Waals surface area contributed by atoms with Crippen LogP contribution in [0.4, 0.5) is 0 Å². The van der Waals surface area contributed by atoms with Gasteiger partial charge in [0.25, 0.3) is 11.5 Å². The number of esters is 1. The van der Waals surface area contributed by atoms with Gasteiger partial charge in [0.1, 0.15) is 5.38 Å². The van der Waals surface area contributed by atoms with Crippen LogP contribution in [0, 0.1) is 0 Å². The van der Waals surface area contributed by atoms with Gasteiger partial charge >= 0.3 is 5.97 Å². The Labute approximate surface area is 109 Å². The maximum atomic E-state index is 11.7. The maximum Gasteiger partial charge on any atom is 0.325 e. The molecule has 1 heterocycles. The van der Waals surface area contributed by atoms with Crippen molar-refractivity contribution in [1.29, 1.82) is 0 Å². The molecule has 0 fully saturated rings. The highest BCUT2D eigenvalue weighted by atomic mass is 35.5. The van der Waals surface area contributed by atoms with Gasteiger partial charge in [-0.1, -0.05) is 0 Å². The summed E-state index contributed by atoms with van der Waals surface area (Å²) in [6, 6.07) is 2.70. The lowest BCUT2D eigenvalue weighted by molar-refractivity contribution is -0.140. The molecule has 0 spiro atoms. The Hall–Kier alpha value is -1.82. The summed E-state index contributed by atoms with van der Waals surface area (Å²) in [7, 11) is 2.79. The Morgan fingerprint density at radius 1 is 1.56 bits per heavy atom. The van der Waals surface area contributed by atoms with E-state index in [0.717, 1.165) is 0 Å². The Balaban J connectivity index is 2.63. The lowest BCUT2D eigenvalue weighted by Crippen LogP contribution is -2.34. The van der Waals surface area contributed by atoms with Crippen molar-refractivity contribution in [3.05, 3.63) is 34.2 Å². The zero-order valence-corrected chi connectivity index (χ0v) is 10.7. The number of ether oxygens (including phenoxy) is 1. The number of rotatable bonds is 4. The molecule has 18 heavy (non-hydrogen) atoms. The van der Waals surface area contributed by atoms with Gasteiger partial charge in [0.2, 0.25) is 0 Å². The first kappa shape index (κ1) is 14.2. The molecule has 1 amide bonds. The van der Waals surface area contributed by atoms with Crippen molar-refractivity contribution in [2.45, 2.75) is 5.38 Å². The first-order valence-electron chi connectivity index (χ1n) is 5.12. The summed E-state index contributed by atoms with van der Waals surface area (Å²) in [6.45, 7) is -0.0672. The maximum absolute atomic E-state index is 11.7. The fourth-order valence-corrected chi connectivity index (χ4v) is 1.35. The Bertz CT molecular complexity index is 512. The fraction of sp³-hybridized carbons (Fsp3) is 0.364. The molecule has 0 aliphatic carbocycles. The number of halogens is 1. The topological polar surface area (TPSA) is 77.4 Å². The summed E-state index contributed by atoms with van der Waals surface area (Å²) in [4.78, 5) is 34.0. The highest BCUT2D eigenvalue weighted by Gasteiger charge is 2.17. The van der Waals surface area contributed by atoms with E-state index >= 15 is 0 Å². The van der Waals surface area contributed by atoms with Crippen molar-refractivity contribution < 1.29 is 14.3 Å². The van der Waals surface area contributed by atoms with Crippen molar-refractivity contribution in [3.63, 3.8) is 0 Å². The Morgan fingerprint density at radius 2 is 2.22 bits per heavy atom. The second-order valence-corrected chi connectivity index (χ2v) is 4.09. The highest BCUT2D eigenvalue weighted by molar-refractivity contribution is 6.30. The first-order valence-corrected chi connectivity index (χ1v) is 5.56. The van der Waals surface area contributed by atoms with Crippen LogP contribution in [0.25, 0.3) is 0 Å². The number of aryl methyl sites for hydroxylation is 1. The molecular formula is C11H13ClN2O4.